The van der Waals surface area contributed by atoms with Crippen molar-refractivity contribution in [1.29, 1.82) is 0 Å². The lowest BCUT2D eigenvalue weighted by molar-refractivity contribution is 0.304. The lowest BCUT2D eigenvalue weighted by Gasteiger charge is -2.06. The molecule has 0 unspecified atom stereocenters. The SMILES string of the molecule is CCCCCCCCOc1ccc(-c2nc3ccc(Br)cc3s2)cc1. The minimum atomic E-state index is 0.806. The van der Waals surface area contributed by atoms with Gasteiger partial charge in [0.1, 0.15) is 10.8 Å². The molecule has 0 aliphatic heterocycles. The summed E-state index contributed by atoms with van der Waals surface area (Å²) in [7, 11) is 0. The van der Waals surface area contributed by atoms with Crippen molar-refractivity contribution in [2.45, 2.75) is 45.4 Å². The summed E-state index contributed by atoms with van der Waals surface area (Å²) in [6, 6.07) is 14.5. The number of halogens is 1. The summed E-state index contributed by atoms with van der Waals surface area (Å²) in [5.74, 6) is 0.946. The van der Waals surface area contributed by atoms with E-state index >= 15 is 0 Å². The van der Waals surface area contributed by atoms with Gasteiger partial charge < -0.3 is 4.74 Å². The van der Waals surface area contributed by atoms with Crippen LogP contribution < -0.4 is 4.74 Å². The standard InChI is InChI=1S/C21H24BrNOS/c1-2-3-4-5-6-7-14-24-18-11-8-16(9-12-18)21-23-19-13-10-17(22)15-20(19)25-21/h8-13,15H,2-7,14H2,1H3. The van der Waals surface area contributed by atoms with E-state index in [9.17, 15) is 0 Å². The molecular formula is C21H24BrNOS. The third-order valence-electron chi connectivity index (χ3n) is 4.22. The van der Waals surface area contributed by atoms with Gasteiger partial charge >= 0.3 is 0 Å². The summed E-state index contributed by atoms with van der Waals surface area (Å²) in [6.45, 7) is 3.06. The van der Waals surface area contributed by atoms with Crippen molar-refractivity contribution in [2.24, 2.45) is 0 Å². The molecule has 0 N–H and O–H groups in total. The Hall–Kier alpha value is -1.39. The number of nitrogens with zero attached hydrogens (tertiary/aromatic N) is 1. The molecule has 2 nitrogen and oxygen atoms in total. The highest BCUT2D eigenvalue weighted by atomic mass is 79.9. The molecule has 2 aromatic carbocycles. The van der Waals surface area contributed by atoms with E-state index in [1.54, 1.807) is 11.3 Å². The Morgan fingerprint density at radius 1 is 0.960 bits per heavy atom. The third-order valence-corrected chi connectivity index (χ3v) is 5.78. The van der Waals surface area contributed by atoms with E-state index in [0.29, 0.717) is 0 Å². The highest BCUT2D eigenvalue weighted by molar-refractivity contribution is 9.10. The molecule has 25 heavy (non-hydrogen) atoms. The van der Waals surface area contributed by atoms with Crippen LogP contribution in [-0.2, 0) is 0 Å². The Morgan fingerprint density at radius 3 is 2.52 bits per heavy atom. The van der Waals surface area contributed by atoms with Gasteiger partial charge in [-0.2, -0.15) is 0 Å². The van der Waals surface area contributed by atoms with Crippen LogP contribution in [0.5, 0.6) is 5.75 Å². The summed E-state index contributed by atoms with van der Waals surface area (Å²) < 4.78 is 8.15. The van der Waals surface area contributed by atoms with E-state index in [0.717, 1.165) is 39.3 Å². The smallest absolute Gasteiger partial charge is 0.124 e. The quantitative estimate of drug-likeness (QED) is 0.336. The van der Waals surface area contributed by atoms with E-state index in [2.05, 4.69) is 47.1 Å². The van der Waals surface area contributed by atoms with Crippen LogP contribution in [0.2, 0.25) is 0 Å². The summed E-state index contributed by atoms with van der Waals surface area (Å²) in [4.78, 5) is 4.72. The molecule has 0 saturated heterocycles. The van der Waals surface area contributed by atoms with Gasteiger partial charge in [-0.15, -0.1) is 11.3 Å². The van der Waals surface area contributed by atoms with Gasteiger partial charge in [0, 0.05) is 10.0 Å². The lowest BCUT2D eigenvalue weighted by Crippen LogP contribution is -1.97. The van der Waals surface area contributed by atoms with Crippen LogP contribution in [0.15, 0.2) is 46.9 Å². The minimum Gasteiger partial charge on any atom is -0.494 e. The second kappa shape index (κ2) is 9.35. The average molecular weight is 418 g/mol. The molecule has 0 fully saturated rings. The van der Waals surface area contributed by atoms with Crippen molar-refractivity contribution in [1.82, 2.24) is 4.98 Å². The molecule has 0 bridgehead atoms. The van der Waals surface area contributed by atoms with Crippen LogP contribution in [0.25, 0.3) is 20.8 Å². The van der Waals surface area contributed by atoms with Gasteiger partial charge in [-0.3, -0.25) is 0 Å². The second-order valence-electron chi connectivity index (χ2n) is 6.27. The van der Waals surface area contributed by atoms with Gasteiger partial charge in [0.15, 0.2) is 0 Å². The maximum Gasteiger partial charge on any atom is 0.124 e. The fourth-order valence-electron chi connectivity index (χ4n) is 2.79. The summed E-state index contributed by atoms with van der Waals surface area (Å²) in [5, 5.41) is 1.05. The highest BCUT2D eigenvalue weighted by Gasteiger charge is 2.07. The first-order chi connectivity index (χ1) is 12.3. The molecule has 0 saturated carbocycles. The molecule has 3 aromatic rings. The Balaban J connectivity index is 1.53. The number of benzene rings is 2. The summed E-state index contributed by atoms with van der Waals surface area (Å²) in [6.07, 6.45) is 7.73. The highest BCUT2D eigenvalue weighted by Crippen LogP contribution is 2.32. The van der Waals surface area contributed by atoms with Crippen molar-refractivity contribution in [3.8, 4) is 16.3 Å². The van der Waals surface area contributed by atoms with Gasteiger partial charge in [0.25, 0.3) is 0 Å². The van der Waals surface area contributed by atoms with Gasteiger partial charge in [0.2, 0.25) is 0 Å². The zero-order valence-electron chi connectivity index (χ0n) is 14.6. The van der Waals surface area contributed by atoms with Gasteiger partial charge in [-0.05, 0) is 48.9 Å². The minimum absolute atomic E-state index is 0.806. The molecule has 1 heterocycles. The number of thiazole rings is 1. The number of aromatic nitrogens is 1. The first kappa shape index (κ1) is 18.4. The van der Waals surface area contributed by atoms with E-state index in [4.69, 9.17) is 9.72 Å². The maximum absolute atomic E-state index is 5.85. The molecule has 0 spiro atoms. The van der Waals surface area contributed by atoms with Crippen molar-refractivity contribution in [2.75, 3.05) is 6.61 Å². The fraction of sp³-hybridized carbons (Fsp3) is 0.381. The van der Waals surface area contributed by atoms with Crippen molar-refractivity contribution >= 4 is 37.5 Å². The first-order valence-corrected chi connectivity index (χ1v) is 10.7. The van der Waals surface area contributed by atoms with Crippen LogP contribution in [0, 0.1) is 0 Å². The molecule has 0 amide bonds. The van der Waals surface area contributed by atoms with Crippen LogP contribution >= 0.6 is 27.3 Å². The van der Waals surface area contributed by atoms with Gasteiger partial charge in [0.05, 0.1) is 16.8 Å². The molecule has 4 heteroatoms. The molecule has 1 aromatic heterocycles. The average Bonchev–Trinajstić information content (AvgIpc) is 3.04. The monoisotopic (exact) mass is 417 g/mol. The van der Waals surface area contributed by atoms with Gasteiger partial charge in [-0.25, -0.2) is 4.98 Å². The fourth-order valence-corrected chi connectivity index (χ4v) is 4.31. The molecular weight excluding hydrogens is 394 g/mol. The number of hydrogen-bond acceptors (Lipinski definition) is 3. The zero-order valence-corrected chi connectivity index (χ0v) is 17.0. The molecule has 0 aliphatic rings. The van der Waals surface area contributed by atoms with Gasteiger partial charge in [-0.1, -0.05) is 55.0 Å². The predicted octanol–water partition coefficient (Wildman–Crippen LogP) is 7.47. The maximum atomic E-state index is 5.85. The topological polar surface area (TPSA) is 22.1 Å². The Kier molecular flexibility index (Phi) is 6.88. The van der Waals surface area contributed by atoms with Crippen molar-refractivity contribution in [3.05, 3.63) is 46.9 Å². The van der Waals surface area contributed by atoms with Crippen molar-refractivity contribution < 1.29 is 4.74 Å². The van der Waals surface area contributed by atoms with E-state index in [1.165, 1.54) is 36.8 Å². The van der Waals surface area contributed by atoms with Crippen LogP contribution in [0.4, 0.5) is 0 Å². The Bertz CT molecular complexity index is 797. The Morgan fingerprint density at radius 2 is 1.72 bits per heavy atom. The first-order valence-electron chi connectivity index (χ1n) is 9.05. The van der Waals surface area contributed by atoms with Crippen LogP contribution in [0.3, 0.4) is 0 Å². The molecule has 132 valence electrons. The van der Waals surface area contributed by atoms with Crippen molar-refractivity contribution in [3.63, 3.8) is 0 Å². The molecule has 3 rings (SSSR count). The second-order valence-corrected chi connectivity index (χ2v) is 8.22. The predicted molar refractivity (Wildman–Crippen MR) is 112 cm³/mol. The number of rotatable bonds is 9. The summed E-state index contributed by atoms with van der Waals surface area (Å²) in [5.41, 5.74) is 2.19. The van der Waals surface area contributed by atoms with E-state index < -0.39 is 0 Å². The van der Waals surface area contributed by atoms with E-state index in [1.807, 2.05) is 18.2 Å². The third kappa shape index (κ3) is 5.29. The largest absolute Gasteiger partial charge is 0.494 e. The van der Waals surface area contributed by atoms with E-state index in [-0.39, 0.29) is 0 Å². The number of unbranched alkanes of at least 4 members (excludes halogenated alkanes) is 5. The number of ether oxygens (including phenoxy) is 1. The number of hydrogen-bond donors (Lipinski definition) is 0. The lowest BCUT2D eigenvalue weighted by atomic mass is 10.1. The molecule has 0 aliphatic carbocycles. The Labute approximate surface area is 162 Å². The normalized spacial score (nSPS) is 11.1. The number of fused-ring (bicyclic) bond motifs is 1. The van der Waals surface area contributed by atoms with Crippen LogP contribution in [-0.4, -0.2) is 11.6 Å². The van der Waals surface area contributed by atoms with Crippen LogP contribution in [0.1, 0.15) is 45.4 Å². The molecule has 0 atom stereocenters. The molecule has 0 radical (unpaired) electrons. The summed E-state index contributed by atoms with van der Waals surface area (Å²) >= 11 is 5.24. The zero-order chi connectivity index (χ0) is 17.5.